The summed E-state index contributed by atoms with van der Waals surface area (Å²) < 4.78 is 1.65. The largest absolute Gasteiger partial charge is 0.353 e. The molecule has 1 atom stereocenters. The van der Waals surface area contributed by atoms with Crippen LogP contribution in [0.25, 0.3) is 0 Å². The maximum atomic E-state index is 12.0. The summed E-state index contributed by atoms with van der Waals surface area (Å²) in [5.74, 6) is -0.0259. The van der Waals surface area contributed by atoms with Gasteiger partial charge in [0, 0.05) is 12.7 Å². The molecule has 2 aromatic rings. The molecule has 0 bridgehead atoms. The average molecular weight is 300 g/mol. The van der Waals surface area contributed by atoms with Crippen molar-refractivity contribution in [1.29, 1.82) is 0 Å². The van der Waals surface area contributed by atoms with Crippen molar-refractivity contribution in [3.63, 3.8) is 0 Å². The fourth-order valence-electron chi connectivity index (χ4n) is 2.35. The van der Waals surface area contributed by atoms with E-state index < -0.39 is 0 Å². The highest BCUT2D eigenvalue weighted by Gasteiger charge is 2.15. The topological polar surface area (TPSA) is 50.2 Å². The molecule has 0 saturated heterocycles. The van der Waals surface area contributed by atoms with E-state index in [9.17, 15) is 4.79 Å². The van der Waals surface area contributed by atoms with Crippen molar-refractivity contribution < 1.29 is 4.79 Å². The van der Waals surface area contributed by atoms with Crippen molar-refractivity contribution in [3.8, 4) is 0 Å². The van der Waals surface area contributed by atoms with Crippen molar-refractivity contribution in [2.45, 2.75) is 26.4 Å². The molecule has 5 nitrogen and oxygen atoms in total. The molecule has 1 N–H and O–H groups in total. The van der Waals surface area contributed by atoms with Crippen LogP contribution in [0.3, 0.4) is 0 Å². The van der Waals surface area contributed by atoms with Crippen LogP contribution in [-0.4, -0.2) is 41.2 Å². The van der Waals surface area contributed by atoms with Gasteiger partial charge in [0.15, 0.2) is 0 Å². The second kappa shape index (κ2) is 7.22. The van der Waals surface area contributed by atoms with Gasteiger partial charge in [-0.2, -0.15) is 5.10 Å². The predicted octanol–water partition coefficient (Wildman–Crippen LogP) is 1.92. The van der Waals surface area contributed by atoms with E-state index in [0.717, 1.165) is 5.56 Å². The second-order valence-electron chi connectivity index (χ2n) is 5.91. The molecule has 1 unspecified atom stereocenters. The van der Waals surface area contributed by atoms with Crippen molar-refractivity contribution in [3.05, 3.63) is 53.3 Å². The van der Waals surface area contributed by atoms with Crippen LogP contribution in [0.15, 0.2) is 36.7 Å². The molecule has 0 spiro atoms. The van der Waals surface area contributed by atoms with Gasteiger partial charge in [0.2, 0.25) is 5.91 Å². The van der Waals surface area contributed by atoms with Crippen LogP contribution in [0, 0.1) is 13.8 Å². The fraction of sp³-hybridized carbons (Fsp3) is 0.412. The molecule has 0 saturated carbocycles. The third kappa shape index (κ3) is 4.43. The Balaban J connectivity index is 1.94. The smallest absolute Gasteiger partial charge is 0.241 e. The first-order valence-corrected chi connectivity index (χ1v) is 7.44. The number of aryl methyl sites for hydroxylation is 2. The monoisotopic (exact) mass is 300 g/mol. The number of likely N-dealkylation sites (N-methyl/N-ethyl adjacent to an activating group) is 1. The maximum absolute atomic E-state index is 12.0. The summed E-state index contributed by atoms with van der Waals surface area (Å²) in [5, 5.41) is 7.12. The van der Waals surface area contributed by atoms with Gasteiger partial charge in [0.05, 0.1) is 12.2 Å². The van der Waals surface area contributed by atoms with E-state index in [2.05, 4.69) is 46.5 Å². The molecule has 5 heteroatoms. The molecule has 22 heavy (non-hydrogen) atoms. The van der Waals surface area contributed by atoms with Crippen LogP contribution in [0.1, 0.15) is 22.7 Å². The summed E-state index contributed by atoms with van der Waals surface area (Å²) in [6.07, 6.45) is 3.62. The first kappa shape index (κ1) is 16.2. The van der Waals surface area contributed by atoms with E-state index in [0.29, 0.717) is 6.54 Å². The summed E-state index contributed by atoms with van der Waals surface area (Å²) >= 11 is 0. The number of nitrogens with one attached hydrogen (secondary N) is 1. The highest BCUT2D eigenvalue weighted by molar-refractivity contribution is 5.75. The number of carbonyl (C=O) groups excluding carboxylic acids is 1. The van der Waals surface area contributed by atoms with Crippen molar-refractivity contribution in [2.75, 3.05) is 20.6 Å². The minimum absolute atomic E-state index is 0.0259. The third-order valence-corrected chi connectivity index (χ3v) is 3.65. The number of carbonyl (C=O) groups is 1. The van der Waals surface area contributed by atoms with Crippen molar-refractivity contribution >= 4 is 5.91 Å². The van der Waals surface area contributed by atoms with E-state index in [1.165, 1.54) is 11.1 Å². The maximum Gasteiger partial charge on any atom is 0.241 e. The Labute approximate surface area is 131 Å². The first-order chi connectivity index (χ1) is 10.5. The normalized spacial score (nSPS) is 12.4. The SMILES string of the molecule is Cc1ccc(C(CNC(=O)Cn2cc(C)cn2)N(C)C)cc1. The molecule has 0 fully saturated rings. The van der Waals surface area contributed by atoms with Crippen LogP contribution >= 0.6 is 0 Å². The number of benzene rings is 1. The van der Waals surface area contributed by atoms with Crippen LogP contribution < -0.4 is 5.32 Å². The lowest BCUT2D eigenvalue weighted by molar-refractivity contribution is -0.122. The van der Waals surface area contributed by atoms with E-state index in [4.69, 9.17) is 0 Å². The van der Waals surface area contributed by atoms with Crippen LogP contribution in [0.2, 0.25) is 0 Å². The number of aromatic nitrogens is 2. The number of hydrogen-bond donors (Lipinski definition) is 1. The summed E-state index contributed by atoms with van der Waals surface area (Å²) in [4.78, 5) is 14.2. The van der Waals surface area contributed by atoms with Gasteiger partial charge in [-0.05, 0) is 39.1 Å². The van der Waals surface area contributed by atoms with Gasteiger partial charge in [-0.1, -0.05) is 29.8 Å². The summed E-state index contributed by atoms with van der Waals surface area (Å²) in [5.41, 5.74) is 3.49. The highest BCUT2D eigenvalue weighted by atomic mass is 16.2. The van der Waals surface area contributed by atoms with Gasteiger partial charge >= 0.3 is 0 Å². The lowest BCUT2D eigenvalue weighted by Crippen LogP contribution is -2.36. The van der Waals surface area contributed by atoms with Gasteiger partial charge in [0.1, 0.15) is 6.54 Å². The minimum atomic E-state index is -0.0259. The van der Waals surface area contributed by atoms with Gasteiger partial charge in [-0.25, -0.2) is 0 Å². The molecule has 0 aliphatic carbocycles. The molecule has 1 amide bonds. The zero-order valence-corrected chi connectivity index (χ0v) is 13.7. The fourth-order valence-corrected chi connectivity index (χ4v) is 2.35. The Morgan fingerprint density at radius 1 is 1.23 bits per heavy atom. The predicted molar refractivity (Wildman–Crippen MR) is 87.6 cm³/mol. The first-order valence-electron chi connectivity index (χ1n) is 7.44. The van der Waals surface area contributed by atoms with Crippen molar-refractivity contribution in [2.24, 2.45) is 0 Å². The van der Waals surface area contributed by atoms with Crippen LogP contribution in [0.5, 0.6) is 0 Å². The molecule has 2 rings (SSSR count). The van der Waals surface area contributed by atoms with Gasteiger partial charge in [-0.3, -0.25) is 9.48 Å². The quantitative estimate of drug-likeness (QED) is 0.887. The summed E-state index contributed by atoms with van der Waals surface area (Å²) in [7, 11) is 4.04. The lowest BCUT2D eigenvalue weighted by Gasteiger charge is -2.25. The van der Waals surface area contributed by atoms with Gasteiger partial charge in [-0.15, -0.1) is 0 Å². The van der Waals surface area contributed by atoms with E-state index in [-0.39, 0.29) is 18.5 Å². The summed E-state index contributed by atoms with van der Waals surface area (Å²) in [6.45, 7) is 4.86. The van der Waals surface area contributed by atoms with E-state index in [1.54, 1.807) is 10.9 Å². The molecule has 0 radical (unpaired) electrons. The molecular formula is C17H24N4O. The molecule has 1 aromatic heterocycles. The van der Waals surface area contributed by atoms with Crippen molar-refractivity contribution in [1.82, 2.24) is 20.0 Å². The lowest BCUT2D eigenvalue weighted by atomic mass is 10.0. The van der Waals surface area contributed by atoms with E-state index >= 15 is 0 Å². The zero-order valence-electron chi connectivity index (χ0n) is 13.7. The summed E-state index contributed by atoms with van der Waals surface area (Å²) in [6, 6.07) is 8.58. The number of rotatable bonds is 6. The second-order valence-corrected chi connectivity index (χ2v) is 5.91. The van der Waals surface area contributed by atoms with E-state index in [1.807, 2.05) is 27.2 Å². The average Bonchev–Trinajstić information content (AvgIpc) is 2.86. The Hall–Kier alpha value is -2.14. The molecule has 0 aliphatic rings. The number of amides is 1. The molecule has 118 valence electrons. The molecule has 0 aliphatic heterocycles. The number of hydrogen-bond acceptors (Lipinski definition) is 3. The standard InChI is InChI=1S/C17H24N4O/c1-13-5-7-15(8-6-13)16(20(3)4)10-18-17(22)12-21-11-14(2)9-19-21/h5-9,11,16H,10,12H2,1-4H3,(H,18,22). The Kier molecular flexibility index (Phi) is 5.33. The van der Waals surface area contributed by atoms with Gasteiger partial charge in [0.25, 0.3) is 0 Å². The Morgan fingerprint density at radius 3 is 2.45 bits per heavy atom. The van der Waals surface area contributed by atoms with Crippen LogP contribution in [-0.2, 0) is 11.3 Å². The Bertz CT molecular complexity index is 616. The molecular weight excluding hydrogens is 276 g/mol. The highest BCUT2D eigenvalue weighted by Crippen LogP contribution is 2.17. The third-order valence-electron chi connectivity index (χ3n) is 3.65. The molecule has 1 aromatic carbocycles. The van der Waals surface area contributed by atoms with Crippen LogP contribution in [0.4, 0.5) is 0 Å². The van der Waals surface area contributed by atoms with Gasteiger partial charge < -0.3 is 10.2 Å². The molecule has 1 heterocycles. The number of nitrogens with zero attached hydrogens (tertiary/aromatic N) is 3. The Morgan fingerprint density at radius 2 is 1.91 bits per heavy atom. The minimum Gasteiger partial charge on any atom is -0.353 e. The zero-order chi connectivity index (χ0) is 16.1.